The highest BCUT2D eigenvalue weighted by atomic mass is 16.5. The number of hydrogen-bond acceptors (Lipinski definition) is 7. The average Bonchev–Trinajstić information content (AvgIpc) is 3.42. The van der Waals surface area contributed by atoms with Gasteiger partial charge in [0.2, 0.25) is 0 Å². The molecular formula is C26H30N6O3. The highest BCUT2D eigenvalue weighted by Crippen LogP contribution is 2.34. The Balaban J connectivity index is 1.41. The number of pyridine rings is 1. The van der Waals surface area contributed by atoms with Crippen molar-refractivity contribution in [2.75, 3.05) is 20.8 Å². The first-order valence-electron chi connectivity index (χ1n) is 11.8. The van der Waals surface area contributed by atoms with E-state index in [9.17, 15) is 0 Å². The summed E-state index contributed by atoms with van der Waals surface area (Å²) in [5, 5.41) is 4.54. The molecule has 0 N–H and O–H groups in total. The second kappa shape index (κ2) is 9.40. The highest BCUT2D eigenvalue weighted by Gasteiger charge is 2.23. The monoisotopic (exact) mass is 474 g/mol. The molecule has 4 aromatic rings. The average molecular weight is 475 g/mol. The van der Waals surface area contributed by atoms with Crippen LogP contribution in [0.15, 0.2) is 36.7 Å². The van der Waals surface area contributed by atoms with Crippen molar-refractivity contribution < 1.29 is 14.2 Å². The lowest BCUT2D eigenvalue weighted by atomic mass is 10.1. The van der Waals surface area contributed by atoms with Crippen LogP contribution in [-0.4, -0.2) is 50.1 Å². The Morgan fingerprint density at radius 1 is 1.03 bits per heavy atom. The Labute approximate surface area is 204 Å². The number of aromatic nitrogens is 6. The first-order valence-corrected chi connectivity index (χ1v) is 11.8. The van der Waals surface area contributed by atoms with Crippen LogP contribution in [0, 0.1) is 6.92 Å². The maximum absolute atomic E-state index is 6.09. The van der Waals surface area contributed by atoms with E-state index in [4.69, 9.17) is 24.2 Å². The van der Waals surface area contributed by atoms with Crippen molar-refractivity contribution in [3.05, 3.63) is 53.7 Å². The van der Waals surface area contributed by atoms with E-state index in [-0.39, 0.29) is 6.04 Å². The van der Waals surface area contributed by atoms with E-state index >= 15 is 0 Å². The Morgan fingerprint density at radius 3 is 2.63 bits per heavy atom. The zero-order valence-corrected chi connectivity index (χ0v) is 20.8. The fourth-order valence-electron chi connectivity index (χ4n) is 4.34. The number of fused-ring (bicyclic) bond motifs is 3. The summed E-state index contributed by atoms with van der Waals surface area (Å²) in [7, 11) is 3.29. The fourth-order valence-corrected chi connectivity index (χ4v) is 4.34. The molecule has 9 heteroatoms. The van der Waals surface area contributed by atoms with E-state index in [0.29, 0.717) is 13.2 Å². The van der Waals surface area contributed by atoms with Gasteiger partial charge in [0.05, 0.1) is 26.3 Å². The second-order valence-electron chi connectivity index (χ2n) is 8.87. The molecule has 3 aromatic heterocycles. The normalized spacial score (nSPS) is 12.6. The Hall–Kier alpha value is -3.88. The molecule has 0 aliphatic carbocycles. The summed E-state index contributed by atoms with van der Waals surface area (Å²) in [4.78, 5) is 14.3. The maximum atomic E-state index is 6.09. The largest absolute Gasteiger partial charge is 0.493 e. The maximum Gasteiger partial charge on any atom is 0.178 e. The second-order valence-corrected chi connectivity index (χ2v) is 8.87. The third kappa shape index (κ3) is 4.45. The third-order valence-corrected chi connectivity index (χ3v) is 6.10. The molecule has 0 spiro atoms. The molecule has 5 rings (SSSR count). The lowest BCUT2D eigenvalue weighted by molar-refractivity contribution is 0.306. The topological polar surface area (TPSA) is 89.1 Å². The summed E-state index contributed by atoms with van der Waals surface area (Å²) < 4.78 is 20.9. The molecule has 0 bridgehead atoms. The van der Waals surface area contributed by atoms with Gasteiger partial charge >= 0.3 is 0 Å². The van der Waals surface area contributed by atoms with Crippen LogP contribution in [0.3, 0.4) is 0 Å². The molecule has 1 aromatic carbocycles. The van der Waals surface area contributed by atoms with Crippen LogP contribution in [0.4, 0.5) is 0 Å². The zero-order chi connectivity index (χ0) is 24.5. The Kier molecular flexibility index (Phi) is 6.15. The lowest BCUT2D eigenvalue weighted by Crippen LogP contribution is -2.06. The van der Waals surface area contributed by atoms with Gasteiger partial charge in [-0.25, -0.2) is 14.6 Å². The summed E-state index contributed by atoms with van der Waals surface area (Å²) in [6.07, 6.45) is 5.50. The fraction of sp³-hybridized carbons (Fsp3) is 0.385. The number of methoxy groups -OCH3 is 2. The summed E-state index contributed by atoms with van der Waals surface area (Å²) in [5.41, 5.74) is 3.81. The van der Waals surface area contributed by atoms with Crippen LogP contribution in [0.25, 0.3) is 22.9 Å². The van der Waals surface area contributed by atoms with Crippen molar-refractivity contribution in [3.8, 4) is 40.2 Å². The molecule has 35 heavy (non-hydrogen) atoms. The highest BCUT2D eigenvalue weighted by molar-refractivity contribution is 5.67. The van der Waals surface area contributed by atoms with E-state index in [1.807, 2.05) is 42.2 Å². The van der Waals surface area contributed by atoms with Gasteiger partial charge in [-0.2, -0.15) is 5.10 Å². The quantitative estimate of drug-likeness (QED) is 0.395. The summed E-state index contributed by atoms with van der Waals surface area (Å²) in [5.74, 6) is 4.61. The predicted molar refractivity (Wildman–Crippen MR) is 132 cm³/mol. The van der Waals surface area contributed by atoms with Crippen LogP contribution in [0.5, 0.6) is 17.2 Å². The summed E-state index contributed by atoms with van der Waals surface area (Å²) in [6.45, 7) is 7.35. The van der Waals surface area contributed by atoms with Crippen molar-refractivity contribution in [3.63, 3.8) is 0 Å². The molecule has 4 heterocycles. The van der Waals surface area contributed by atoms with Crippen LogP contribution >= 0.6 is 0 Å². The number of rotatable bonds is 7. The van der Waals surface area contributed by atoms with Crippen molar-refractivity contribution in [1.29, 1.82) is 0 Å². The van der Waals surface area contributed by atoms with Gasteiger partial charge in [0.25, 0.3) is 0 Å². The van der Waals surface area contributed by atoms with Gasteiger partial charge in [-0.1, -0.05) is 6.07 Å². The summed E-state index contributed by atoms with van der Waals surface area (Å²) in [6, 6.07) is 8.21. The minimum Gasteiger partial charge on any atom is -0.493 e. The molecule has 1 aliphatic rings. The van der Waals surface area contributed by atoms with Crippen LogP contribution in [0.2, 0.25) is 0 Å². The van der Waals surface area contributed by atoms with E-state index < -0.39 is 0 Å². The Bertz CT molecular complexity index is 1360. The van der Waals surface area contributed by atoms with Crippen LogP contribution < -0.4 is 14.2 Å². The molecule has 0 saturated heterocycles. The first kappa shape index (κ1) is 22.9. The first-order chi connectivity index (χ1) is 17.0. The molecule has 9 nitrogen and oxygen atoms in total. The number of aryl methyl sites for hydroxylation is 3. The van der Waals surface area contributed by atoms with Crippen molar-refractivity contribution in [1.82, 2.24) is 29.3 Å². The van der Waals surface area contributed by atoms with E-state index in [1.54, 1.807) is 14.2 Å². The van der Waals surface area contributed by atoms with E-state index in [0.717, 1.165) is 70.1 Å². The number of imidazole rings is 1. The molecule has 0 unspecified atom stereocenters. The minimum atomic E-state index is 0.193. The standard InChI is InChI=1S/C26H30N6O3/c1-16(2)32-26(28-17(3)30-32)21-15-31-10-11-35-23-13-19(27-14-20(23)25(31)29-21)8-6-18-7-9-22(33-4)24(12-18)34-5/h7,9,12-16H,6,8,10-11H2,1-5H3. The molecule has 0 fully saturated rings. The van der Waals surface area contributed by atoms with Gasteiger partial charge < -0.3 is 18.8 Å². The van der Waals surface area contributed by atoms with Gasteiger partial charge in [-0.3, -0.25) is 4.98 Å². The van der Waals surface area contributed by atoms with E-state index in [2.05, 4.69) is 34.6 Å². The number of benzene rings is 1. The predicted octanol–water partition coefficient (Wildman–Crippen LogP) is 4.29. The Morgan fingerprint density at radius 2 is 1.86 bits per heavy atom. The number of nitrogens with zero attached hydrogens (tertiary/aromatic N) is 6. The van der Waals surface area contributed by atoms with Crippen LogP contribution in [0.1, 0.15) is 37.0 Å². The third-order valence-electron chi connectivity index (χ3n) is 6.10. The number of ether oxygens (including phenoxy) is 3. The van der Waals surface area contributed by atoms with Gasteiger partial charge in [0.15, 0.2) is 17.3 Å². The molecule has 0 saturated carbocycles. The smallest absolute Gasteiger partial charge is 0.178 e. The van der Waals surface area contributed by atoms with Crippen molar-refractivity contribution >= 4 is 0 Å². The van der Waals surface area contributed by atoms with Crippen LogP contribution in [-0.2, 0) is 19.4 Å². The summed E-state index contributed by atoms with van der Waals surface area (Å²) >= 11 is 0. The lowest BCUT2D eigenvalue weighted by Gasteiger charge is -2.11. The molecule has 182 valence electrons. The molecular weight excluding hydrogens is 444 g/mol. The zero-order valence-electron chi connectivity index (χ0n) is 20.8. The molecule has 0 atom stereocenters. The van der Waals surface area contributed by atoms with Gasteiger partial charge in [-0.15, -0.1) is 0 Å². The van der Waals surface area contributed by atoms with Crippen molar-refractivity contribution in [2.45, 2.75) is 46.2 Å². The number of hydrogen-bond donors (Lipinski definition) is 0. The van der Waals surface area contributed by atoms with Gasteiger partial charge in [0, 0.05) is 30.2 Å². The SMILES string of the molecule is COc1ccc(CCc2cc3c(cn2)-c2nc(-c4nc(C)nn4C(C)C)cn2CCO3)cc1OC. The van der Waals surface area contributed by atoms with Crippen molar-refractivity contribution in [2.24, 2.45) is 0 Å². The van der Waals surface area contributed by atoms with Gasteiger partial charge in [0.1, 0.15) is 29.7 Å². The van der Waals surface area contributed by atoms with Gasteiger partial charge in [-0.05, 0) is 51.3 Å². The molecule has 0 radical (unpaired) electrons. The van der Waals surface area contributed by atoms with E-state index in [1.165, 1.54) is 0 Å². The molecule has 0 amide bonds. The minimum absolute atomic E-state index is 0.193. The molecule has 1 aliphatic heterocycles.